The zero-order valence-electron chi connectivity index (χ0n) is 8.24. The van der Waals surface area contributed by atoms with Gasteiger partial charge in [0, 0.05) is 7.05 Å². The number of hydrogen-bond donors (Lipinski definition) is 1. The Balaban J connectivity index is 2.28. The Kier molecular flexibility index (Phi) is 2.30. The second-order valence-electron chi connectivity index (χ2n) is 3.50. The summed E-state index contributed by atoms with van der Waals surface area (Å²) in [4.78, 5) is 5.77. The Morgan fingerprint density at radius 3 is 2.67 bits per heavy atom. The van der Waals surface area contributed by atoms with Crippen LogP contribution in [-0.2, 0) is 0 Å². The first-order valence-corrected chi connectivity index (χ1v) is 4.57. The second kappa shape index (κ2) is 3.49. The summed E-state index contributed by atoms with van der Waals surface area (Å²) in [6.45, 7) is 0.480. The molecule has 0 radical (unpaired) electrons. The lowest BCUT2D eigenvalue weighted by Crippen LogP contribution is -2.32. The Bertz CT molecular complexity index is 417. The van der Waals surface area contributed by atoms with Crippen molar-refractivity contribution in [3.63, 3.8) is 0 Å². The highest BCUT2D eigenvalue weighted by atomic mass is 19.2. The number of halogens is 2. The van der Waals surface area contributed by atoms with Gasteiger partial charge in [-0.2, -0.15) is 0 Å². The van der Waals surface area contributed by atoms with E-state index < -0.39 is 11.6 Å². The smallest absolute Gasteiger partial charge is 0.191 e. The van der Waals surface area contributed by atoms with Crippen LogP contribution in [0.4, 0.5) is 8.78 Å². The highest BCUT2D eigenvalue weighted by Crippen LogP contribution is 2.24. The molecule has 0 saturated carbocycles. The molecule has 80 valence electrons. The van der Waals surface area contributed by atoms with Crippen molar-refractivity contribution in [2.75, 3.05) is 13.6 Å². The van der Waals surface area contributed by atoms with Crippen molar-refractivity contribution in [3.05, 3.63) is 35.4 Å². The maximum Gasteiger partial charge on any atom is 0.191 e. The fourth-order valence-electron chi connectivity index (χ4n) is 1.62. The zero-order chi connectivity index (χ0) is 11.0. The molecule has 0 amide bonds. The monoisotopic (exact) mass is 211 g/mol. The first-order valence-electron chi connectivity index (χ1n) is 4.57. The van der Waals surface area contributed by atoms with Gasteiger partial charge in [-0.3, -0.25) is 4.99 Å². The molecule has 0 aromatic heterocycles. The quantitative estimate of drug-likeness (QED) is 0.760. The average molecular weight is 211 g/mol. The molecule has 0 fully saturated rings. The molecule has 1 aliphatic heterocycles. The van der Waals surface area contributed by atoms with Gasteiger partial charge in [0.15, 0.2) is 17.6 Å². The molecule has 1 aliphatic rings. The van der Waals surface area contributed by atoms with Crippen LogP contribution in [0.2, 0.25) is 0 Å². The van der Waals surface area contributed by atoms with Crippen molar-refractivity contribution < 1.29 is 8.78 Å². The van der Waals surface area contributed by atoms with E-state index in [9.17, 15) is 8.78 Å². The maximum atomic E-state index is 13.0. The van der Waals surface area contributed by atoms with Gasteiger partial charge in [0.1, 0.15) is 0 Å². The molecule has 1 aromatic carbocycles. The van der Waals surface area contributed by atoms with E-state index in [2.05, 4.69) is 4.99 Å². The minimum absolute atomic E-state index is 0.0971. The fraction of sp³-hybridized carbons (Fsp3) is 0.300. The molecule has 5 heteroatoms. The largest absolute Gasteiger partial charge is 0.370 e. The Hall–Kier alpha value is -1.65. The van der Waals surface area contributed by atoms with Crippen LogP contribution < -0.4 is 5.73 Å². The third kappa shape index (κ3) is 1.65. The predicted molar refractivity (Wildman–Crippen MR) is 53.4 cm³/mol. The minimum atomic E-state index is -0.841. The van der Waals surface area contributed by atoms with Gasteiger partial charge < -0.3 is 10.6 Å². The van der Waals surface area contributed by atoms with E-state index in [4.69, 9.17) is 5.73 Å². The minimum Gasteiger partial charge on any atom is -0.370 e. The number of hydrogen-bond acceptors (Lipinski definition) is 3. The van der Waals surface area contributed by atoms with Gasteiger partial charge in [0.2, 0.25) is 0 Å². The molecule has 0 aliphatic carbocycles. The molecule has 0 spiro atoms. The van der Waals surface area contributed by atoms with Crippen LogP contribution in [-0.4, -0.2) is 24.5 Å². The van der Waals surface area contributed by atoms with Gasteiger partial charge in [-0.1, -0.05) is 6.07 Å². The highest BCUT2D eigenvalue weighted by Gasteiger charge is 2.24. The summed E-state index contributed by atoms with van der Waals surface area (Å²) in [5.74, 6) is -1.26. The van der Waals surface area contributed by atoms with Crippen LogP contribution >= 0.6 is 0 Å². The SMILES string of the molecule is CN1C(N)=NCC1c1ccc(F)c(F)c1. The topological polar surface area (TPSA) is 41.6 Å². The van der Waals surface area contributed by atoms with E-state index in [-0.39, 0.29) is 6.04 Å². The van der Waals surface area contributed by atoms with E-state index in [0.29, 0.717) is 18.1 Å². The summed E-state index contributed by atoms with van der Waals surface area (Å²) < 4.78 is 25.7. The first kappa shape index (κ1) is 9.89. The Morgan fingerprint density at radius 1 is 1.40 bits per heavy atom. The summed E-state index contributed by atoms with van der Waals surface area (Å²) in [6, 6.07) is 3.76. The Morgan fingerprint density at radius 2 is 2.13 bits per heavy atom. The summed E-state index contributed by atoms with van der Waals surface area (Å²) >= 11 is 0. The van der Waals surface area contributed by atoms with Crippen molar-refractivity contribution in [1.82, 2.24) is 4.90 Å². The van der Waals surface area contributed by atoms with Crippen molar-refractivity contribution in [2.24, 2.45) is 10.7 Å². The van der Waals surface area contributed by atoms with Crippen molar-refractivity contribution in [3.8, 4) is 0 Å². The molecule has 2 rings (SSSR count). The van der Waals surface area contributed by atoms with Gasteiger partial charge in [0.05, 0.1) is 12.6 Å². The molecule has 2 N–H and O–H groups in total. The van der Waals surface area contributed by atoms with Gasteiger partial charge in [0.25, 0.3) is 0 Å². The second-order valence-corrected chi connectivity index (χ2v) is 3.50. The van der Waals surface area contributed by atoms with E-state index in [1.807, 2.05) is 0 Å². The van der Waals surface area contributed by atoms with Crippen LogP contribution in [0.5, 0.6) is 0 Å². The van der Waals surface area contributed by atoms with Crippen molar-refractivity contribution in [2.45, 2.75) is 6.04 Å². The van der Waals surface area contributed by atoms with E-state index >= 15 is 0 Å². The number of guanidine groups is 1. The molecule has 1 aromatic rings. The Labute approximate surface area is 86.2 Å². The van der Waals surface area contributed by atoms with Gasteiger partial charge in [-0.25, -0.2) is 8.78 Å². The number of aliphatic imine (C=N–C) groups is 1. The molecular weight excluding hydrogens is 200 g/mol. The van der Waals surface area contributed by atoms with Gasteiger partial charge in [-0.15, -0.1) is 0 Å². The summed E-state index contributed by atoms with van der Waals surface area (Å²) in [7, 11) is 1.78. The summed E-state index contributed by atoms with van der Waals surface area (Å²) in [5.41, 5.74) is 6.26. The number of nitrogens with zero attached hydrogens (tertiary/aromatic N) is 2. The number of benzene rings is 1. The number of rotatable bonds is 1. The van der Waals surface area contributed by atoms with Gasteiger partial charge in [-0.05, 0) is 17.7 Å². The van der Waals surface area contributed by atoms with Gasteiger partial charge >= 0.3 is 0 Å². The third-order valence-corrected chi connectivity index (χ3v) is 2.58. The molecule has 3 nitrogen and oxygen atoms in total. The molecule has 0 bridgehead atoms. The molecule has 15 heavy (non-hydrogen) atoms. The molecule has 0 saturated heterocycles. The van der Waals surface area contributed by atoms with Crippen molar-refractivity contribution in [1.29, 1.82) is 0 Å². The van der Waals surface area contributed by atoms with Crippen LogP contribution in [0.3, 0.4) is 0 Å². The average Bonchev–Trinajstić information content (AvgIpc) is 2.53. The van der Waals surface area contributed by atoms with Crippen LogP contribution in [0.15, 0.2) is 23.2 Å². The summed E-state index contributed by atoms with van der Waals surface area (Å²) in [5, 5.41) is 0. The van der Waals surface area contributed by atoms with Crippen LogP contribution in [0.25, 0.3) is 0 Å². The lowest BCUT2D eigenvalue weighted by atomic mass is 10.1. The van der Waals surface area contributed by atoms with E-state index in [1.54, 1.807) is 18.0 Å². The molecule has 1 atom stereocenters. The maximum absolute atomic E-state index is 13.0. The van der Waals surface area contributed by atoms with Crippen LogP contribution in [0.1, 0.15) is 11.6 Å². The molecule has 1 unspecified atom stereocenters. The summed E-state index contributed by atoms with van der Waals surface area (Å²) in [6.07, 6.45) is 0. The fourth-order valence-corrected chi connectivity index (χ4v) is 1.62. The third-order valence-electron chi connectivity index (χ3n) is 2.58. The molecule has 1 heterocycles. The van der Waals surface area contributed by atoms with Crippen LogP contribution in [0, 0.1) is 11.6 Å². The van der Waals surface area contributed by atoms with E-state index in [1.165, 1.54) is 6.07 Å². The predicted octanol–water partition coefficient (Wildman–Crippen LogP) is 1.27. The first-order chi connectivity index (χ1) is 7.09. The lowest BCUT2D eigenvalue weighted by Gasteiger charge is -2.21. The van der Waals surface area contributed by atoms with E-state index in [0.717, 1.165) is 6.07 Å². The standard InChI is InChI=1S/C10H11F2N3/c1-15-9(5-14-10(15)13)6-2-3-7(11)8(12)4-6/h2-4,9H,5H2,1H3,(H2,13,14). The lowest BCUT2D eigenvalue weighted by molar-refractivity contribution is 0.410. The highest BCUT2D eigenvalue weighted by molar-refractivity contribution is 5.80. The normalized spacial score (nSPS) is 20.6. The number of likely N-dealkylation sites (N-methyl/N-ethyl adjacent to an activating group) is 1. The molecular formula is C10H11F2N3. The van der Waals surface area contributed by atoms with Crippen molar-refractivity contribution >= 4 is 5.96 Å². The zero-order valence-corrected chi connectivity index (χ0v) is 8.24. The number of nitrogens with two attached hydrogens (primary N) is 1.